The summed E-state index contributed by atoms with van der Waals surface area (Å²) >= 11 is 5.96. The lowest BCUT2D eigenvalue weighted by Gasteiger charge is -2.37. The van der Waals surface area contributed by atoms with Gasteiger partial charge in [0.05, 0.1) is 0 Å². The molecule has 1 aromatic rings. The third-order valence-electron chi connectivity index (χ3n) is 5.38. The number of nitrogens with zero attached hydrogens (tertiary/aromatic N) is 4. The van der Waals surface area contributed by atoms with Gasteiger partial charge in [-0.05, 0) is 30.8 Å². The molecule has 0 N–H and O–H groups in total. The highest BCUT2D eigenvalue weighted by Crippen LogP contribution is 2.19. The molecule has 25 heavy (non-hydrogen) atoms. The van der Waals surface area contributed by atoms with Crippen molar-refractivity contribution < 1.29 is 4.79 Å². The third kappa shape index (κ3) is 5.09. The predicted molar refractivity (Wildman–Crippen MR) is 103 cm³/mol. The summed E-state index contributed by atoms with van der Waals surface area (Å²) in [5.41, 5.74) is 1.23. The number of benzene rings is 1. The Bertz CT molecular complexity index is 549. The average Bonchev–Trinajstić information content (AvgIpc) is 2.67. The maximum Gasteiger partial charge on any atom is 0.223 e. The van der Waals surface area contributed by atoms with Gasteiger partial charge >= 0.3 is 0 Å². The minimum Gasteiger partial charge on any atom is -0.369 e. The third-order valence-corrected chi connectivity index (χ3v) is 5.63. The SMILES string of the molecule is CCN1CCN(C(=O)CCN2CCN(c3ccc(Cl)cc3)CC2)CC1. The number of halogens is 1. The summed E-state index contributed by atoms with van der Waals surface area (Å²) in [5.74, 6) is 0.316. The van der Waals surface area contributed by atoms with Gasteiger partial charge in [0.15, 0.2) is 0 Å². The van der Waals surface area contributed by atoms with Crippen molar-refractivity contribution in [2.45, 2.75) is 13.3 Å². The van der Waals surface area contributed by atoms with Crippen LogP contribution in [0.5, 0.6) is 0 Å². The molecule has 2 saturated heterocycles. The zero-order valence-corrected chi connectivity index (χ0v) is 15.9. The van der Waals surface area contributed by atoms with Crippen LogP contribution in [0.4, 0.5) is 5.69 Å². The van der Waals surface area contributed by atoms with Gasteiger partial charge in [-0.15, -0.1) is 0 Å². The van der Waals surface area contributed by atoms with E-state index in [9.17, 15) is 4.79 Å². The van der Waals surface area contributed by atoms with E-state index in [0.717, 1.165) is 70.5 Å². The van der Waals surface area contributed by atoms with Crippen LogP contribution >= 0.6 is 11.6 Å². The van der Waals surface area contributed by atoms with E-state index >= 15 is 0 Å². The Morgan fingerprint density at radius 3 is 2.12 bits per heavy atom. The van der Waals surface area contributed by atoms with E-state index in [-0.39, 0.29) is 0 Å². The van der Waals surface area contributed by atoms with Crippen molar-refractivity contribution in [1.82, 2.24) is 14.7 Å². The number of carbonyl (C=O) groups excluding carboxylic acids is 1. The first-order valence-electron chi connectivity index (χ1n) is 9.38. The summed E-state index contributed by atoms with van der Waals surface area (Å²) in [5, 5.41) is 0.778. The summed E-state index contributed by atoms with van der Waals surface area (Å²) < 4.78 is 0. The minimum atomic E-state index is 0.316. The Hall–Kier alpha value is -1.30. The van der Waals surface area contributed by atoms with Crippen molar-refractivity contribution in [2.24, 2.45) is 0 Å². The van der Waals surface area contributed by atoms with Crippen molar-refractivity contribution in [3.63, 3.8) is 0 Å². The molecule has 0 saturated carbocycles. The van der Waals surface area contributed by atoms with Gasteiger partial charge in [0.25, 0.3) is 0 Å². The summed E-state index contributed by atoms with van der Waals surface area (Å²) in [6.45, 7) is 12.0. The van der Waals surface area contributed by atoms with Gasteiger partial charge in [-0.25, -0.2) is 0 Å². The van der Waals surface area contributed by atoms with Crippen LogP contribution in [-0.2, 0) is 4.79 Å². The van der Waals surface area contributed by atoms with Gasteiger partial charge in [-0.3, -0.25) is 9.69 Å². The zero-order chi connectivity index (χ0) is 17.6. The molecule has 0 aliphatic carbocycles. The topological polar surface area (TPSA) is 30.0 Å². The second kappa shape index (κ2) is 8.88. The van der Waals surface area contributed by atoms with Crippen LogP contribution in [0.1, 0.15) is 13.3 Å². The Kier molecular flexibility index (Phi) is 6.57. The van der Waals surface area contributed by atoms with E-state index in [4.69, 9.17) is 11.6 Å². The molecule has 6 heteroatoms. The Morgan fingerprint density at radius 2 is 1.52 bits per heavy atom. The molecule has 0 radical (unpaired) electrons. The molecule has 0 aromatic heterocycles. The highest BCUT2D eigenvalue weighted by molar-refractivity contribution is 6.30. The van der Waals surface area contributed by atoms with E-state index in [2.05, 4.69) is 33.8 Å². The molecule has 1 aromatic carbocycles. The largest absolute Gasteiger partial charge is 0.369 e. The van der Waals surface area contributed by atoms with Crippen LogP contribution in [0.2, 0.25) is 5.02 Å². The molecular weight excluding hydrogens is 336 g/mol. The molecule has 3 rings (SSSR count). The predicted octanol–water partition coefficient (Wildman–Crippen LogP) is 2.02. The first-order chi connectivity index (χ1) is 12.2. The standard InChI is InChI=1S/C19H29ClN4O/c1-2-21-9-15-24(16-10-21)19(25)7-8-22-11-13-23(14-12-22)18-5-3-17(20)4-6-18/h3-6H,2,7-16H2,1H3. The smallest absolute Gasteiger partial charge is 0.223 e. The van der Waals surface area contributed by atoms with Crippen LogP contribution in [0.25, 0.3) is 0 Å². The van der Waals surface area contributed by atoms with Crippen molar-refractivity contribution in [1.29, 1.82) is 0 Å². The molecule has 138 valence electrons. The summed E-state index contributed by atoms with van der Waals surface area (Å²) in [4.78, 5) is 21.6. The monoisotopic (exact) mass is 364 g/mol. The lowest BCUT2D eigenvalue weighted by Crippen LogP contribution is -2.50. The van der Waals surface area contributed by atoms with Crippen molar-refractivity contribution >= 4 is 23.2 Å². The van der Waals surface area contributed by atoms with Crippen LogP contribution in [-0.4, -0.2) is 86.1 Å². The molecule has 2 aliphatic rings. The zero-order valence-electron chi connectivity index (χ0n) is 15.2. The van der Waals surface area contributed by atoms with Crippen LogP contribution in [0.15, 0.2) is 24.3 Å². The Balaban J connectivity index is 1.38. The summed E-state index contributed by atoms with van der Waals surface area (Å²) in [6.07, 6.45) is 0.646. The maximum atomic E-state index is 12.4. The molecule has 2 fully saturated rings. The fourth-order valence-corrected chi connectivity index (χ4v) is 3.73. The number of hydrogen-bond acceptors (Lipinski definition) is 4. The van der Waals surface area contributed by atoms with Crippen LogP contribution in [0, 0.1) is 0 Å². The fraction of sp³-hybridized carbons (Fsp3) is 0.632. The fourth-order valence-electron chi connectivity index (χ4n) is 3.61. The van der Waals surface area contributed by atoms with Gasteiger partial charge in [0.2, 0.25) is 5.91 Å². The van der Waals surface area contributed by atoms with Crippen molar-refractivity contribution in [3.8, 4) is 0 Å². The molecular formula is C19H29ClN4O. The first-order valence-corrected chi connectivity index (χ1v) is 9.76. The van der Waals surface area contributed by atoms with Crippen molar-refractivity contribution in [3.05, 3.63) is 29.3 Å². The van der Waals surface area contributed by atoms with Crippen LogP contribution < -0.4 is 4.90 Å². The van der Waals surface area contributed by atoms with Crippen molar-refractivity contribution in [2.75, 3.05) is 70.3 Å². The van der Waals surface area contributed by atoms with Gasteiger partial charge in [-0.2, -0.15) is 0 Å². The van der Waals surface area contributed by atoms with E-state index in [1.807, 2.05) is 17.0 Å². The molecule has 5 nitrogen and oxygen atoms in total. The van der Waals surface area contributed by atoms with E-state index in [1.165, 1.54) is 5.69 Å². The maximum absolute atomic E-state index is 12.4. The lowest BCUT2D eigenvalue weighted by atomic mass is 10.2. The summed E-state index contributed by atoms with van der Waals surface area (Å²) in [7, 11) is 0. The average molecular weight is 365 g/mol. The lowest BCUT2D eigenvalue weighted by molar-refractivity contribution is -0.133. The second-order valence-corrected chi connectivity index (χ2v) is 7.31. The van der Waals surface area contributed by atoms with E-state index in [1.54, 1.807) is 0 Å². The Labute approximate surface area is 156 Å². The molecule has 0 spiro atoms. The molecule has 0 unspecified atom stereocenters. The number of amides is 1. The quantitative estimate of drug-likeness (QED) is 0.799. The highest BCUT2D eigenvalue weighted by Gasteiger charge is 2.22. The molecule has 0 atom stereocenters. The normalized spacial score (nSPS) is 20.1. The molecule has 0 bridgehead atoms. The van der Waals surface area contributed by atoms with Gasteiger partial charge < -0.3 is 14.7 Å². The highest BCUT2D eigenvalue weighted by atomic mass is 35.5. The minimum absolute atomic E-state index is 0.316. The number of piperazine rings is 2. The summed E-state index contributed by atoms with van der Waals surface area (Å²) in [6, 6.07) is 8.05. The van der Waals surface area contributed by atoms with E-state index in [0.29, 0.717) is 12.3 Å². The number of likely N-dealkylation sites (N-methyl/N-ethyl adjacent to an activating group) is 1. The molecule has 2 aliphatic heterocycles. The van der Waals surface area contributed by atoms with Gasteiger partial charge in [-0.1, -0.05) is 18.5 Å². The van der Waals surface area contributed by atoms with Crippen LogP contribution in [0.3, 0.4) is 0 Å². The Morgan fingerprint density at radius 1 is 0.920 bits per heavy atom. The first kappa shape index (κ1) is 18.5. The number of hydrogen-bond donors (Lipinski definition) is 0. The molecule has 1 amide bonds. The second-order valence-electron chi connectivity index (χ2n) is 6.87. The molecule has 2 heterocycles. The number of anilines is 1. The van der Waals surface area contributed by atoms with E-state index < -0.39 is 0 Å². The van der Waals surface area contributed by atoms with Gasteiger partial charge in [0, 0.05) is 76.0 Å². The number of rotatable bonds is 5. The number of carbonyl (C=O) groups is 1. The van der Waals surface area contributed by atoms with Gasteiger partial charge in [0.1, 0.15) is 0 Å².